The molecule has 0 heterocycles. The number of nitrogens with one attached hydrogen (secondary N) is 1. The lowest BCUT2D eigenvalue weighted by atomic mass is 9.92. The minimum absolute atomic E-state index is 0.613. The van der Waals surface area contributed by atoms with Gasteiger partial charge in [-0.25, -0.2) is 0 Å². The summed E-state index contributed by atoms with van der Waals surface area (Å²) in [6.45, 7) is 4.37. The standard InChI is InChI=1S/C20H27NO/c1-3-13-21-16-19(14-17-7-5-4-6-8-17)15-18-9-11-20(22-2)12-10-18/h4-12,19,21H,3,13-16H2,1-2H3. The van der Waals surface area contributed by atoms with E-state index in [1.54, 1.807) is 7.11 Å². The van der Waals surface area contributed by atoms with E-state index in [1.165, 1.54) is 17.5 Å². The smallest absolute Gasteiger partial charge is 0.118 e. The van der Waals surface area contributed by atoms with Gasteiger partial charge < -0.3 is 10.1 Å². The predicted molar refractivity (Wildman–Crippen MR) is 93.5 cm³/mol. The van der Waals surface area contributed by atoms with Crippen molar-refractivity contribution in [1.29, 1.82) is 0 Å². The summed E-state index contributed by atoms with van der Waals surface area (Å²) in [5, 5.41) is 3.57. The number of rotatable bonds is 9. The zero-order valence-corrected chi connectivity index (χ0v) is 13.7. The maximum atomic E-state index is 5.24. The highest BCUT2D eigenvalue weighted by atomic mass is 16.5. The second kappa shape index (κ2) is 9.26. The van der Waals surface area contributed by atoms with Crippen molar-refractivity contribution >= 4 is 0 Å². The van der Waals surface area contributed by atoms with Gasteiger partial charge in [0.2, 0.25) is 0 Å². The molecular weight excluding hydrogens is 270 g/mol. The molecule has 2 aromatic carbocycles. The third-order valence-corrected chi connectivity index (χ3v) is 3.91. The molecule has 2 rings (SSSR count). The minimum Gasteiger partial charge on any atom is -0.497 e. The molecule has 1 unspecified atom stereocenters. The van der Waals surface area contributed by atoms with E-state index in [9.17, 15) is 0 Å². The highest BCUT2D eigenvalue weighted by molar-refractivity contribution is 5.27. The Labute approximate surface area is 134 Å². The van der Waals surface area contributed by atoms with E-state index in [4.69, 9.17) is 4.74 Å². The molecule has 0 spiro atoms. The first kappa shape index (κ1) is 16.6. The monoisotopic (exact) mass is 297 g/mol. The lowest BCUT2D eigenvalue weighted by molar-refractivity contribution is 0.414. The van der Waals surface area contributed by atoms with E-state index in [0.29, 0.717) is 5.92 Å². The van der Waals surface area contributed by atoms with Gasteiger partial charge >= 0.3 is 0 Å². The molecule has 2 aromatic rings. The molecule has 0 saturated carbocycles. The van der Waals surface area contributed by atoms with Crippen LogP contribution in [-0.4, -0.2) is 20.2 Å². The van der Waals surface area contributed by atoms with E-state index in [1.807, 2.05) is 12.1 Å². The summed E-state index contributed by atoms with van der Waals surface area (Å²) in [7, 11) is 1.71. The molecule has 0 fully saturated rings. The van der Waals surface area contributed by atoms with Gasteiger partial charge in [-0.15, -0.1) is 0 Å². The van der Waals surface area contributed by atoms with E-state index in [-0.39, 0.29) is 0 Å². The van der Waals surface area contributed by atoms with Crippen LogP contribution in [-0.2, 0) is 12.8 Å². The molecule has 1 atom stereocenters. The number of hydrogen-bond acceptors (Lipinski definition) is 2. The molecule has 0 aliphatic rings. The first-order valence-corrected chi connectivity index (χ1v) is 8.19. The summed E-state index contributed by atoms with van der Waals surface area (Å²) >= 11 is 0. The fourth-order valence-corrected chi connectivity index (χ4v) is 2.74. The Hall–Kier alpha value is -1.80. The fraction of sp³-hybridized carbons (Fsp3) is 0.400. The van der Waals surface area contributed by atoms with Crippen LogP contribution in [0.25, 0.3) is 0 Å². The van der Waals surface area contributed by atoms with Crippen molar-refractivity contribution in [1.82, 2.24) is 5.32 Å². The van der Waals surface area contributed by atoms with Crippen LogP contribution in [0.5, 0.6) is 5.75 Å². The summed E-state index contributed by atoms with van der Waals surface area (Å²) in [6.07, 6.45) is 3.39. The lowest BCUT2D eigenvalue weighted by Gasteiger charge is -2.18. The van der Waals surface area contributed by atoms with Crippen LogP contribution in [0.3, 0.4) is 0 Å². The maximum absolute atomic E-state index is 5.24. The number of ether oxygens (including phenoxy) is 1. The fourth-order valence-electron chi connectivity index (χ4n) is 2.74. The Morgan fingerprint density at radius 2 is 1.55 bits per heavy atom. The number of hydrogen-bond donors (Lipinski definition) is 1. The van der Waals surface area contributed by atoms with Crippen LogP contribution in [0.1, 0.15) is 24.5 Å². The van der Waals surface area contributed by atoms with Crippen LogP contribution in [0.4, 0.5) is 0 Å². The Kier molecular flexibility index (Phi) is 6.98. The Bertz CT molecular complexity index is 521. The third kappa shape index (κ3) is 5.53. The van der Waals surface area contributed by atoms with Crippen LogP contribution < -0.4 is 10.1 Å². The number of methoxy groups -OCH3 is 1. The summed E-state index contributed by atoms with van der Waals surface area (Å²) in [5.74, 6) is 1.54. The van der Waals surface area contributed by atoms with Gasteiger partial charge in [-0.1, -0.05) is 49.4 Å². The quantitative estimate of drug-likeness (QED) is 0.704. The normalized spacial score (nSPS) is 12.1. The lowest BCUT2D eigenvalue weighted by Crippen LogP contribution is -2.26. The van der Waals surface area contributed by atoms with Crippen molar-refractivity contribution in [2.45, 2.75) is 26.2 Å². The highest BCUT2D eigenvalue weighted by Gasteiger charge is 2.11. The van der Waals surface area contributed by atoms with Crippen molar-refractivity contribution in [3.63, 3.8) is 0 Å². The van der Waals surface area contributed by atoms with Gasteiger partial charge in [0.05, 0.1) is 7.11 Å². The largest absolute Gasteiger partial charge is 0.497 e. The molecule has 1 N–H and O–H groups in total. The Balaban J connectivity index is 1.99. The van der Waals surface area contributed by atoms with Gasteiger partial charge in [-0.3, -0.25) is 0 Å². The molecule has 118 valence electrons. The second-order valence-electron chi connectivity index (χ2n) is 5.81. The van der Waals surface area contributed by atoms with E-state index >= 15 is 0 Å². The molecule has 0 saturated heterocycles. The van der Waals surface area contributed by atoms with E-state index < -0.39 is 0 Å². The molecule has 0 aliphatic heterocycles. The second-order valence-corrected chi connectivity index (χ2v) is 5.81. The van der Waals surface area contributed by atoms with Crippen molar-refractivity contribution < 1.29 is 4.74 Å². The van der Waals surface area contributed by atoms with E-state index in [0.717, 1.165) is 31.7 Å². The Morgan fingerprint density at radius 1 is 0.909 bits per heavy atom. The van der Waals surface area contributed by atoms with E-state index in [2.05, 4.69) is 54.7 Å². The van der Waals surface area contributed by atoms with Crippen molar-refractivity contribution in [2.75, 3.05) is 20.2 Å². The third-order valence-electron chi connectivity index (χ3n) is 3.91. The maximum Gasteiger partial charge on any atom is 0.118 e. The minimum atomic E-state index is 0.613. The predicted octanol–water partition coefficient (Wildman–Crippen LogP) is 4.10. The summed E-state index contributed by atoms with van der Waals surface area (Å²) in [6, 6.07) is 19.2. The number of benzene rings is 2. The molecular formula is C20H27NO. The highest BCUT2D eigenvalue weighted by Crippen LogP contribution is 2.17. The topological polar surface area (TPSA) is 21.3 Å². The van der Waals surface area contributed by atoms with Crippen LogP contribution >= 0.6 is 0 Å². The van der Waals surface area contributed by atoms with Crippen LogP contribution in [0.2, 0.25) is 0 Å². The van der Waals surface area contributed by atoms with Gasteiger partial charge in [-0.05, 0) is 61.5 Å². The molecule has 2 heteroatoms. The first-order chi connectivity index (χ1) is 10.8. The molecule has 0 aliphatic carbocycles. The molecule has 22 heavy (non-hydrogen) atoms. The molecule has 0 bridgehead atoms. The van der Waals surface area contributed by atoms with Gasteiger partial charge in [0.25, 0.3) is 0 Å². The zero-order valence-electron chi connectivity index (χ0n) is 13.7. The van der Waals surface area contributed by atoms with Crippen molar-refractivity contribution in [2.24, 2.45) is 5.92 Å². The van der Waals surface area contributed by atoms with Crippen molar-refractivity contribution in [3.05, 3.63) is 65.7 Å². The van der Waals surface area contributed by atoms with Crippen LogP contribution in [0.15, 0.2) is 54.6 Å². The van der Waals surface area contributed by atoms with Crippen molar-refractivity contribution in [3.8, 4) is 5.75 Å². The van der Waals surface area contributed by atoms with Gasteiger partial charge in [0.1, 0.15) is 5.75 Å². The van der Waals surface area contributed by atoms with Gasteiger partial charge in [-0.2, -0.15) is 0 Å². The van der Waals surface area contributed by atoms with Gasteiger partial charge in [0.15, 0.2) is 0 Å². The molecule has 0 amide bonds. The zero-order chi connectivity index (χ0) is 15.6. The van der Waals surface area contributed by atoms with Crippen LogP contribution in [0, 0.1) is 5.92 Å². The average molecular weight is 297 g/mol. The SMILES string of the molecule is CCCNCC(Cc1ccccc1)Cc1ccc(OC)cc1. The molecule has 0 radical (unpaired) electrons. The summed E-state index contributed by atoms with van der Waals surface area (Å²) in [4.78, 5) is 0. The molecule has 2 nitrogen and oxygen atoms in total. The summed E-state index contributed by atoms with van der Waals surface area (Å²) in [5.41, 5.74) is 2.79. The Morgan fingerprint density at radius 3 is 2.14 bits per heavy atom. The van der Waals surface area contributed by atoms with Gasteiger partial charge in [0, 0.05) is 0 Å². The first-order valence-electron chi connectivity index (χ1n) is 8.19. The average Bonchev–Trinajstić information content (AvgIpc) is 2.56. The summed E-state index contributed by atoms with van der Waals surface area (Å²) < 4.78 is 5.24. The molecule has 0 aromatic heterocycles.